The van der Waals surface area contributed by atoms with Crippen molar-refractivity contribution in [2.45, 2.75) is 32.4 Å². The molecule has 0 amide bonds. The number of benzene rings is 1. The molecule has 1 heterocycles. The zero-order valence-corrected chi connectivity index (χ0v) is 12.2. The van der Waals surface area contributed by atoms with Gasteiger partial charge >= 0.3 is 0 Å². The fourth-order valence-electron chi connectivity index (χ4n) is 2.31. The quantitative estimate of drug-likeness (QED) is 0.877. The molecule has 0 aliphatic heterocycles. The fraction of sp³-hybridized carbons (Fsp3) is 0.375. The Morgan fingerprint density at radius 3 is 2.70 bits per heavy atom. The van der Waals surface area contributed by atoms with Gasteiger partial charge in [0.05, 0.1) is 12.8 Å². The number of para-hydroxylation sites is 1. The average molecular weight is 271 g/mol. The zero-order valence-electron chi connectivity index (χ0n) is 12.2. The van der Waals surface area contributed by atoms with Crippen LogP contribution in [0.25, 0.3) is 0 Å². The molecule has 0 saturated carbocycles. The summed E-state index contributed by atoms with van der Waals surface area (Å²) < 4.78 is 5.39. The fourth-order valence-corrected chi connectivity index (χ4v) is 2.31. The average Bonchev–Trinajstić information content (AvgIpc) is 2.48. The summed E-state index contributed by atoms with van der Waals surface area (Å²) in [4.78, 5) is 8.42. The van der Waals surface area contributed by atoms with Crippen LogP contribution in [0.4, 0.5) is 0 Å². The van der Waals surface area contributed by atoms with Crippen molar-refractivity contribution in [3.05, 3.63) is 54.1 Å². The molecule has 2 aromatic rings. The summed E-state index contributed by atoms with van der Waals surface area (Å²) in [6, 6.07) is 8.62. The maximum absolute atomic E-state index is 5.39. The molecule has 0 spiro atoms. The van der Waals surface area contributed by atoms with Gasteiger partial charge in [-0.3, -0.25) is 9.97 Å². The third kappa shape index (κ3) is 3.78. The van der Waals surface area contributed by atoms with Crippen molar-refractivity contribution in [2.75, 3.05) is 7.11 Å². The van der Waals surface area contributed by atoms with E-state index in [1.54, 1.807) is 25.7 Å². The van der Waals surface area contributed by atoms with Gasteiger partial charge in [0.1, 0.15) is 5.75 Å². The molecular weight excluding hydrogens is 250 g/mol. The van der Waals surface area contributed by atoms with Crippen LogP contribution < -0.4 is 10.1 Å². The molecule has 20 heavy (non-hydrogen) atoms. The lowest BCUT2D eigenvalue weighted by Crippen LogP contribution is -2.31. The van der Waals surface area contributed by atoms with Crippen molar-refractivity contribution in [1.82, 2.24) is 15.3 Å². The Morgan fingerprint density at radius 2 is 2.00 bits per heavy atom. The van der Waals surface area contributed by atoms with E-state index in [0.29, 0.717) is 6.04 Å². The molecule has 2 unspecified atom stereocenters. The Morgan fingerprint density at radius 1 is 1.20 bits per heavy atom. The lowest BCUT2D eigenvalue weighted by Gasteiger charge is -2.20. The van der Waals surface area contributed by atoms with E-state index in [0.717, 1.165) is 17.9 Å². The summed E-state index contributed by atoms with van der Waals surface area (Å²) in [6.45, 7) is 4.27. The molecule has 1 N–H and O–H groups in total. The van der Waals surface area contributed by atoms with E-state index in [4.69, 9.17) is 4.74 Å². The predicted molar refractivity (Wildman–Crippen MR) is 79.7 cm³/mol. The van der Waals surface area contributed by atoms with Crippen LogP contribution in [0.5, 0.6) is 5.75 Å². The molecular formula is C16H21N3O. The van der Waals surface area contributed by atoms with E-state index >= 15 is 0 Å². The topological polar surface area (TPSA) is 47.0 Å². The number of aromatic nitrogens is 2. The van der Waals surface area contributed by atoms with Crippen LogP contribution in [0.15, 0.2) is 42.9 Å². The van der Waals surface area contributed by atoms with Crippen LogP contribution in [0, 0.1) is 0 Å². The van der Waals surface area contributed by atoms with Gasteiger partial charge in [-0.25, -0.2) is 0 Å². The Labute approximate surface area is 120 Å². The number of hydrogen-bond donors (Lipinski definition) is 1. The molecule has 2 rings (SSSR count). The Kier molecular flexibility index (Phi) is 5.07. The van der Waals surface area contributed by atoms with Crippen molar-refractivity contribution in [3.63, 3.8) is 0 Å². The number of nitrogens with one attached hydrogen (secondary N) is 1. The van der Waals surface area contributed by atoms with Gasteiger partial charge in [0, 0.05) is 30.7 Å². The maximum atomic E-state index is 5.39. The van der Waals surface area contributed by atoms with Crippen molar-refractivity contribution in [2.24, 2.45) is 0 Å². The molecule has 0 fully saturated rings. The van der Waals surface area contributed by atoms with Crippen LogP contribution in [0.3, 0.4) is 0 Å². The molecule has 0 saturated heterocycles. The summed E-state index contributed by atoms with van der Waals surface area (Å²) in [7, 11) is 1.71. The third-order valence-electron chi connectivity index (χ3n) is 3.28. The van der Waals surface area contributed by atoms with Crippen LogP contribution >= 0.6 is 0 Å². The minimum absolute atomic E-state index is 0.174. The smallest absolute Gasteiger partial charge is 0.122 e. The highest BCUT2D eigenvalue weighted by Gasteiger charge is 2.12. The second-order valence-corrected chi connectivity index (χ2v) is 4.94. The van der Waals surface area contributed by atoms with Gasteiger partial charge in [0.15, 0.2) is 0 Å². The molecule has 0 radical (unpaired) electrons. The summed E-state index contributed by atoms with van der Waals surface area (Å²) in [5.41, 5.74) is 2.17. The summed E-state index contributed by atoms with van der Waals surface area (Å²) in [5.74, 6) is 0.938. The first-order chi connectivity index (χ1) is 9.70. The normalized spacial score (nSPS) is 13.8. The zero-order chi connectivity index (χ0) is 14.4. The third-order valence-corrected chi connectivity index (χ3v) is 3.28. The standard InChI is InChI=1S/C16H21N3O/c1-12(10-14-6-4-5-7-16(14)20-3)19-13(2)15-11-17-8-9-18-15/h4-9,11-13,19H,10H2,1-3H3. The number of rotatable bonds is 6. The van der Waals surface area contributed by atoms with E-state index in [1.165, 1.54) is 5.56 Å². The molecule has 4 nitrogen and oxygen atoms in total. The van der Waals surface area contributed by atoms with Gasteiger partial charge in [-0.05, 0) is 31.9 Å². The SMILES string of the molecule is COc1ccccc1CC(C)NC(C)c1cnccn1. The summed E-state index contributed by atoms with van der Waals surface area (Å²) in [5, 5.41) is 3.54. The molecule has 0 aliphatic rings. The lowest BCUT2D eigenvalue weighted by atomic mass is 10.0. The van der Waals surface area contributed by atoms with Crippen LogP contribution in [-0.2, 0) is 6.42 Å². The minimum atomic E-state index is 0.174. The number of ether oxygens (including phenoxy) is 1. The van der Waals surface area contributed by atoms with Crippen LogP contribution in [0.2, 0.25) is 0 Å². The van der Waals surface area contributed by atoms with E-state index in [9.17, 15) is 0 Å². The second kappa shape index (κ2) is 7.01. The van der Waals surface area contributed by atoms with Gasteiger partial charge in [-0.1, -0.05) is 18.2 Å². The monoisotopic (exact) mass is 271 g/mol. The molecule has 106 valence electrons. The van der Waals surface area contributed by atoms with Gasteiger partial charge < -0.3 is 10.1 Å². The summed E-state index contributed by atoms with van der Waals surface area (Å²) in [6.07, 6.45) is 6.12. The first-order valence-corrected chi connectivity index (χ1v) is 6.84. The van der Waals surface area contributed by atoms with Crippen molar-refractivity contribution in [3.8, 4) is 5.75 Å². The molecule has 2 atom stereocenters. The van der Waals surface area contributed by atoms with Gasteiger partial charge in [-0.15, -0.1) is 0 Å². The molecule has 1 aromatic heterocycles. The predicted octanol–water partition coefficient (Wildman–Crippen LogP) is 2.77. The van der Waals surface area contributed by atoms with Crippen LogP contribution in [-0.4, -0.2) is 23.1 Å². The highest BCUT2D eigenvalue weighted by atomic mass is 16.5. The van der Waals surface area contributed by atoms with E-state index in [2.05, 4.69) is 35.2 Å². The Bertz CT molecular complexity index is 530. The second-order valence-electron chi connectivity index (χ2n) is 4.94. The van der Waals surface area contributed by atoms with Crippen molar-refractivity contribution in [1.29, 1.82) is 0 Å². The Hall–Kier alpha value is -1.94. The molecule has 0 bridgehead atoms. The lowest BCUT2D eigenvalue weighted by molar-refractivity contribution is 0.402. The van der Waals surface area contributed by atoms with Gasteiger partial charge in [0.2, 0.25) is 0 Å². The molecule has 1 aromatic carbocycles. The minimum Gasteiger partial charge on any atom is -0.496 e. The number of methoxy groups -OCH3 is 1. The van der Waals surface area contributed by atoms with Crippen molar-refractivity contribution >= 4 is 0 Å². The number of hydrogen-bond acceptors (Lipinski definition) is 4. The first kappa shape index (κ1) is 14.5. The van der Waals surface area contributed by atoms with Crippen LogP contribution in [0.1, 0.15) is 31.1 Å². The maximum Gasteiger partial charge on any atom is 0.122 e. The molecule has 0 aliphatic carbocycles. The van der Waals surface area contributed by atoms with E-state index in [1.807, 2.05) is 18.2 Å². The highest BCUT2D eigenvalue weighted by Crippen LogP contribution is 2.19. The largest absolute Gasteiger partial charge is 0.496 e. The van der Waals surface area contributed by atoms with Gasteiger partial charge in [0.25, 0.3) is 0 Å². The molecule has 4 heteroatoms. The first-order valence-electron chi connectivity index (χ1n) is 6.84. The Balaban J connectivity index is 1.97. The van der Waals surface area contributed by atoms with Crippen molar-refractivity contribution < 1.29 is 4.74 Å². The van der Waals surface area contributed by atoms with Gasteiger partial charge in [-0.2, -0.15) is 0 Å². The van der Waals surface area contributed by atoms with E-state index < -0.39 is 0 Å². The highest BCUT2D eigenvalue weighted by molar-refractivity contribution is 5.33. The summed E-state index contributed by atoms with van der Waals surface area (Å²) >= 11 is 0. The van der Waals surface area contributed by atoms with E-state index in [-0.39, 0.29) is 6.04 Å². The number of nitrogens with zero attached hydrogens (tertiary/aromatic N) is 2.